The van der Waals surface area contributed by atoms with Gasteiger partial charge in [-0.1, -0.05) is 11.6 Å². The molecule has 1 amide bonds. The molecule has 2 unspecified atom stereocenters. The van der Waals surface area contributed by atoms with Crippen LogP contribution in [0.2, 0.25) is 5.02 Å². The van der Waals surface area contributed by atoms with E-state index in [1.807, 2.05) is 0 Å². The molecule has 0 bridgehead atoms. The van der Waals surface area contributed by atoms with Gasteiger partial charge in [-0.25, -0.2) is 0 Å². The summed E-state index contributed by atoms with van der Waals surface area (Å²) < 4.78 is 0. The van der Waals surface area contributed by atoms with Gasteiger partial charge in [0.25, 0.3) is 5.91 Å². The van der Waals surface area contributed by atoms with Gasteiger partial charge in [0, 0.05) is 17.1 Å². The maximum Gasteiger partial charge on any atom is 0.255 e. The lowest BCUT2D eigenvalue weighted by atomic mass is 10.2. The summed E-state index contributed by atoms with van der Waals surface area (Å²) in [4.78, 5) is 11.6. The number of phenols is 1. The summed E-state index contributed by atoms with van der Waals surface area (Å²) >= 11 is 5.65. The van der Waals surface area contributed by atoms with Crippen LogP contribution in [0.25, 0.3) is 0 Å². The number of benzene rings is 1. The molecule has 80 valence electrons. The van der Waals surface area contributed by atoms with E-state index in [2.05, 4.69) is 5.32 Å². The molecule has 0 saturated heterocycles. The number of nitrogens with two attached hydrogens (primary N) is 1. The van der Waals surface area contributed by atoms with E-state index in [0.29, 0.717) is 5.02 Å². The van der Waals surface area contributed by atoms with Crippen LogP contribution >= 0.6 is 11.6 Å². The van der Waals surface area contributed by atoms with Crippen molar-refractivity contribution in [2.24, 2.45) is 5.73 Å². The summed E-state index contributed by atoms with van der Waals surface area (Å²) in [6.07, 6.45) is 0.792. The van der Waals surface area contributed by atoms with Gasteiger partial charge < -0.3 is 16.2 Å². The van der Waals surface area contributed by atoms with Gasteiger partial charge in [-0.2, -0.15) is 0 Å². The number of amides is 1. The number of hydrogen-bond acceptors (Lipinski definition) is 3. The highest BCUT2D eigenvalue weighted by Gasteiger charge is 2.35. The first kappa shape index (κ1) is 10.3. The average Bonchev–Trinajstić information content (AvgIpc) is 2.81. The van der Waals surface area contributed by atoms with E-state index in [9.17, 15) is 9.90 Å². The molecule has 5 heteroatoms. The van der Waals surface area contributed by atoms with Crippen LogP contribution in [0, 0.1) is 0 Å². The molecule has 0 aliphatic heterocycles. The van der Waals surface area contributed by atoms with Crippen molar-refractivity contribution >= 4 is 17.5 Å². The zero-order valence-electron chi connectivity index (χ0n) is 7.90. The summed E-state index contributed by atoms with van der Waals surface area (Å²) in [5.41, 5.74) is 5.78. The minimum atomic E-state index is -0.317. The van der Waals surface area contributed by atoms with Crippen LogP contribution in [0.1, 0.15) is 16.8 Å². The fraction of sp³-hybridized carbons (Fsp3) is 0.300. The SMILES string of the molecule is NC1CC1NC(=O)c1ccc(Cl)cc1O. The van der Waals surface area contributed by atoms with Gasteiger partial charge >= 0.3 is 0 Å². The molecule has 4 nitrogen and oxygen atoms in total. The number of aromatic hydroxyl groups is 1. The van der Waals surface area contributed by atoms with E-state index < -0.39 is 0 Å². The second-order valence-electron chi connectivity index (χ2n) is 3.64. The van der Waals surface area contributed by atoms with Gasteiger partial charge in [-0.05, 0) is 24.6 Å². The summed E-state index contributed by atoms with van der Waals surface area (Å²) in [6.45, 7) is 0. The zero-order chi connectivity index (χ0) is 11.0. The standard InChI is InChI=1S/C10H11ClN2O2/c11-5-1-2-6(9(14)3-5)10(15)13-8-4-7(8)12/h1-3,7-8,14H,4,12H2,(H,13,15). The van der Waals surface area contributed by atoms with E-state index in [1.54, 1.807) is 6.07 Å². The molecule has 0 spiro atoms. The van der Waals surface area contributed by atoms with E-state index in [-0.39, 0.29) is 29.3 Å². The summed E-state index contributed by atoms with van der Waals surface area (Å²) in [5.74, 6) is -0.434. The van der Waals surface area contributed by atoms with Gasteiger partial charge in [0.1, 0.15) is 5.75 Å². The molecule has 0 aromatic heterocycles. The lowest BCUT2D eigenvalue weighted by Crippen LogP contribution is -2.29. The minimum absolute atomic E-state index is 0.0348. The second kappa shape index (κ2) is 3.72. The number of phenolic OH excluding ortho intramolecular Hbond substituents is 1. The number of rotatable bonds is 2. The molecular formula is C10H11ClN2O2. The number of halogens is 1. The molecule has 0 heterocycles. The Morgan fingerprint density at radius 3 is 2.80 bits per heavy atom. The smallest absolute Gasteiger partial charge is 0.255 e. The first-order valence-corrected chi connectivity index (χ1v) is 5.00. The topological polar surface area (TPSA) is 75.3 Å². The van der Waals surface area contributed by atoms with Crippen LogP contribution in [0.3, 0.4) is 0 Å². The summed E-state index contributed by atoms with van der Waals surface area (Å²) in [7, 11) is 0. The Balaban J connectivity index is 2.11. The summed E-state index contributed by atoms with van der Waals surface area (Å²) in [5, 5.41) is 12.6. The van der Waals surface area contributed by atoms with Crippen molar-refractivity contribution in [3.05, 3.63) is 28.8 Å². The van der Waals surface area contributed by atoms with E-state index in [0.717, 1.165) is 6.42 Å². The first-order valence-electron chi connectivity index (χ1n) is 4.63. The first-order chi connectivity index (χ1) is 7.08. The van der Waals surface area contributed by atoms with Gasteiger partial charge in [0.05, 0.1) is 5.56 Å². The van der Waals surface area contributed by atoms with Crippen molar-refractivity contribution < 1.29 is 9.90 Å². The quantitative estimate of drug-likeness (QED) is 0.701. The maximum atomic E-state index is 11.6. The maximum absolute atomic E-state index is 11.6. The van der Waals surface area contributed by atoms with Crippen molar-refractivity contribution in [3.8, 4) is 5.75 Å². The van der Waals surface area contributed by atoms with Crippen molar-refractivity contribution in [2.75, 3.05) is 0 Å². The third-order valence-electron chi connectivity index (χ3n) is 2.36. The van der Waals surface area contributed by atoms with E-state index in [1.165, 1.54) is 12.1 Å². The normalized spacial score (nSPS) is 23.6. The number of carbonyl (C=O) groups is 1. The fourth-order valence-electron chi connectivity index (χ4n) is 1.32. The number of carbonyl (C=O) groups excluding carboxylic acids is 1. The van der Waals surface area contributed by atoms with Crippen LogP contribution in [0.4, 0.5) is 0 Å². The predicted octanol–water partition coefficient (Wildman–Crippen LogP) is 0.875. The Labute approximate surface area is 92.0 Å². The zero-order valence-corrected chi connectivity index (χ0v) is 8.66. The molecular weight excluding hydrogens is 216 g/mol. The van der Waals surface area contributed by atoms with Gasteiger partial charge in [-0.15, -0.1) is 0 Å². The Morgan fingerprint density at radius 2 is 2.27 bits per heavy atom. The van der Waals surface area contributed by atoms with Crippen LogP contribution in [-0.2, 0) is 0 Å². The lowest BCUT2D eigenvalue weighted by molar-refractivity contribution is 0.0947. The Kier molecular flexibility index (Phi) is 2.54. The Morgan fingerprint density at radius 1 is 1.60 bits per heavy atom. The molecule has 1 saturated carbocycles. The molecule has 1 aliphatic rings. The highest BCUT2D eigenvalue weighted by atomic mass is 35.5. The van der Waals surface area contributed by atoms with Crippen LogP contribution in [-0.4, -0.2) is 23.1 Å². The van der Waals surface area contributed by atoms with Crippen molar-refractivity contribution in [3.63, 3.8) is 0 Å². The molecule has 0 radical (unpaired) electrons. The van der Waals surface area contributed by atoms with Gasteiger partial charge in [0.2, 0.25) is 0 Å². The fourth-order valence-corrected chi connectivity index (χ4v) is 1.49. The van der Waals surface area contributed by atoms with Gasteiger partial charge in [-0.3, -0.25) is 4.79 Å². The minimum Gasteiger partial charge on any atom is -0.507 e. The Bertz CT molecular complexity index is 408. The van der Waals surface area contributed by atoms with Crippen molar-refractivity contribution in [1.29, 1.82) is 0 Å². The third kappa shape index (κ3) is 2.22. The lowest BCUT2D eigenvalue weighted by Gasteiger charge is -2.05. The number of nitrogens with one attached hydrogen (secondary N) is 1. The molecule has 15 heavy (non-hydrogen) atoms. The predicted molar refractivity (Wildman–Crippen MR) is 57.0 cm³/mol. The number of hydrogen-bond donors (Lipinski definition) is 3. The van der Waals surface area contributed by atoms with E-state index in [4.69, 9.17) is 17.3 Å². The second-order valence-corrected chi connectivity index (χ2v) is 4.08. The molecule has 1 aromatic carbocycles. The summed E-state index contributed by atoms with van der Waals surface area (Å²) in [6, 6.07) is 4.46. The van der Waals surface area contributed by atoms with Crippen LogP contribution in [0.15, 0.2) is 18.2 Å². The van der Waals surface area contributed by atoms with Crippen LogP contribution < -0.4 is 11.1 Å². The molecule has 2 rings (SSSR count). The monoisotopic (exact) mass is 226 g/mol. The molecule has 2 atom stereocenters. The molecule has 1 aromatic rings. The van der Waals surface area contributed by atoms with Crippen molar-refractivity contribution in [2.45, 2.75) is 18.5 Å². The molecule has 1 fully saturated rings. The largest absolute Gasteiger partial charge is 0.507 e. The highest BCUT2D eigenvalue weighted by molar-refractivity contribution is 6.30. The van der Waals surface area contributed by atoms with E-state index >= 15 is 0 Å². The molecule has 1 aliphatic carbocycles. The highest BCUT2D eigenvalue weighted by Crippen LogP contribution is 2.24. The molecule has 4 N–H and O–H groups in total. The van der Waals surface area contributed by atoms with Crippen LogP contribution in [0.5, 0.6) is 5.75 Å². The Hall–Kier alpha value is -1.26. The van der Waals surface area contributed by atoms with Crippen molar-refractivity contribution in [1.82, 2.24) is 5.32 Å². The third-order valence-corrected chi connectivity index (χ3v) is 2.60. The average molecular weight is 227 g/mol. The van der Waals surface area contributed by atoms with Gasteiger partial charge in [0.15, 0.2) is 0 Å².